The standard InChI is InChI=1S/C75H113N17O19/c1-41(2)35-53(86-66(101)51(28-30-59(78)96)82-61(98)39-81-64(99)49(17-10-12-32-76)83-71(106)57(40-93)90-73(108)63(43(5)6)91-72(107)58-19-14-34-92(58)74(109)62(80)42(3)4)68(103)84-50(18-11-13-33-77)65(100)85-52(29-31-60(79)97)67(102)87-55(37-45-20-24-47(94)25-21-45)69(104)88-54(36-44-15-8-7-9-16-44)70(105)89-56(75(110)111)38-46-22-26-48(95)27-23-46/h7-9,15-16,20-27,41-43,49-58,62-63,93-95H,10-14,17-19,28-40,76-77,80H2,1-6H3,(H2,78,96)(H2,79,97)(H,81,99)(H,82,98)(H,83,106)(H,84,103)(H,85,100)(H,86,101)(H,87,102)(H,88,104)(H,89,105)(H,90,108)(H,91,107)(H,110,111)/t49-,50-,51-,52-,53-,54-,55-,56-,57-,58-,62-,63-/m0/s1. The molecule has 3 aromatic rings. The van der Waals surface area contributed by atoms with Crippen LogP contribution in [0.2, 0.25) is 0 Å². The number of amides is 14. The van der Waals surface area contributed by atoms with Crippen molar-refractivity contribution < 1.29 is 92.3 Å². The fourth-order valence-electron chi connectivity index (χ4n) is 12.0. The summed E-state index contributed by atoms with van der Waals surface area (Å²) in [6, 6.07) is 2.45. The topological polar surface area (TPSA) is 603 Å². The molecule has 0 saturated carbocycles. The van der Waals surface area contributed by atoms with Gasteiger partial charge in [0.25, 0.3) is 0 Å². The fourth-order valence-corrected chi connectivity index (χ4v) is 12.0. The zero-order chi connectivity index (χ0) is 82.6. The third-order valence-electron chi connectivity index (χ3n) is 18.4. The molecule has 1 aliphatic rings. The maximum atomic E-state index is 14.7. The van der Waals surface area contributed by atoms with Crippen LogP contribution >= 0.6 is 0 Å². The zero-order valence-corrected chi connectivity index (χ0v) is 63.8. The van der Waals surface area contributed by atoms with E-state index in [0.29, 0.717) is 42.4 Å². The maximum absolute atomic E-state index is 14.7. The Balaban J connectivity index is 1.55. The molecule has 1 saturated heterocycles. The second-order valence-electron chi connectivity index (χ2n) is 28.7. The molecule has 14 amide bonds. The van der Waals surface area contributed by atoms with E-state index in [4.69, 9.17) is 28.7 Å². The Morgan fingerprint density at radius 2 is 0.856 bits per heavy atom. The van der Waals surface area contributed by atoms with Crippen molar-refractivity contribution in [3.8, 4) is 11.5 Å². The minimum atomic E-state index is -1.69. The minimum Gasteiger partial charge on any atom is -0.508 e. The van der Waals surface area contributed by atoms with Crippen LogP contribution in [0.25, 0.3) is 0 Å². The second-order valence-corrected chi connectivity index (χ2v) is 28.7. The lowest BCUT2D eigenvalue weighted by molar-refractivity contribution is -0.142. The van der Waals surface area contributed by atoms with Crippen molar-refractivity contribution in [2.45, 2.75) is 217 Å². The summed E-state index contributed by atoms with van der Waals surface area (Å²) >= 11 is 0. The number of hydrogen-bond donors (Lipinski definition) is 20. The van der Waals surface area contributed by atoms with Gasteiger partial charge in [0.2, 0.25) is 82.7 Å². The molecule has 36 nitrogen and oxygen atoms in total. The number of aliphatic hydroxyl groups is 1. The van der Waals surface area contributed by atoms with Crippen LogP contribution in [0.3, 0.4) is 0 Å². The van der Waals surface area contributed by atoms with Gasteiger partial charge in [-0.05, 0) is 142 Å². The maximum Gasteiger partial charge on any atom is 0.326 e. The van der Waals surface area contributed by atoms with Gasteiger partial charge in [0.15, 0.2) is 0 Å². The number of likely N-dealkylation sites (tertiary alicyclic amines) is 1. The lowest BCUT2D eigenvalue weighted by atomic mass is 10.00. The van der Waals surface area contributed by atoms with Crippen LogP contribution < -0.4 is 87.2 Å². The predicted octanol–water partition coefficient (Wildman–Crippen LogP) is -3.37. The summed E-state index contributed by atoms with van der Waals surface area (Å²) in [5, 5.41) is 68.4. The molecule has 1 fully saturated rings. The highest BCUT2D eigenvalue weighted by molar-refractivity contribution is 6.00. The Hall–Kier alpha value is -10.9. The highest BCUT2D eigenvalue weighted by Gasteiger charge is 2.41. The number of rotatable bonds is 49. The number of nitrogens with zero attached hydrogens (tertiary/aromatic N) is 1. The van der Waals surface area contributed by atoms with Gasteiger partial charge < -0.3 is 112 Å². The van der Waals surface area contributed by atoms with Crippen LogP contribution in [-0.4, -0.2) is 219 Å². The van der Waals surface area contributed by atoms with Crippen LogP contribution in [0.4, 0.5) is 0 Å². The minimum absolute atomic E-state index is 0.0643. The highest BCUT2D eigenvalue weighted by Crippen LogP contribution is 2.22. The smallest absolute Gasteiger partial charge is 0.326 e. The Kier molecular flexibility index (Phi) is 39.4. The number of carbonyl (C=O) groups is 15. The molecule has 0 aromatic heterocycles. The van der Waals surface area contributed by atoms with Crippen LogP contribution in [0.5, 0.6) is 11.5 Å². The molecule has 0 unspecified atom stereocenters. The number of hydrogen-bond acceptors (Lipinski definition) is 21. The number of phenols is 2. The van der Waals surface area contributed by atoms with Crippen molar-refractivity contribution in [3.05, 3.63) is 95.6 Å². The number of nitrogens with two attached hydrogens (primary N) is 5. The lowest BCUT2D eigenvalue weighted by Crippen LogP contribution is -2.61. The molecule has 3 aromatic carbocycles. The van der Waals surface area contributed by atoms with Crippen molar-refractivity contribution in [1.29, 1.82) is 0 Å². The van der Waals surface area contributed by atoms with Gasteiger partial charge in [0, 0.05) is 38.6 Å². The van der Waals surface area contributed by atoms with Gasteiger partial charge in [0.1, 0.15) is 78.0 Å². The van der Waals surface area contributed by atoms with E-state index in [-0.39, 0.29) is 94.3 Å². The summed E-state index contributed by atoms with van der Waals surface area (Å²) in [6.07, 6.45) is -0.955. The fraction of sp³-hybridized carbons (Fsp3) is 0.560. The van der Waals surface area contributed by atoms with Gasteiger partial charge in [0.05, 0.1) is 19.2 Å². The van der Waals surface area contributed by atoms with Crippen LogP contribution in [0, 0.1) is 17.8 Å². The average Bonchev–Trinajstić information content (AvgIpc) is 1.74. The quantitative estimate of drug-likeness (QED) is 0.0245. The lowest BCUT2D eigenvalue weighted by Gasteiger charge is -2.30. The number of benzene rings is 3. The number of aromatic hydroxyl groups is 2. The molecule has 0 bridgehead atoms. The molecule has 111 heavy (non-hydrogen) atoms. The first-order valence-corrected chi connectivity index (χ1v) is 37.3. The van der Waals surface area contributed by atoms with E-state index >= 15 is 0 Å². The third-order valence-corrected chi connectivity index (χ3v) is 18.4. The molecule has 1 heterocycles. The molecule has 4 rings (SSSR count). The van der Waals surface area contributed by atoms with E-state index in [1.54, 1.807) is 71.9 Å². The van der Waals surface area contributed by atoms with Gasteiger partial charge in [-0.25, -0.2) is 4.79 Å². The molecule has 36 heteroatoms. The summed E-state index contributed by atoms with van der Waals surface area (Å²) in [6.45, 7) is 8.99. The molecule has 0 aliphatic carbocycles. The van der Waals surface area contributed by atoms with E-state index in [2.05, 4.69) is 58.5 Å². The number of phenolic OH excluding ortho intramolecular Hbond substituents is 2. The number of unbranched alkanes of at least 4 members (excludes halogenated alkanes) is 2. The number of aliphatic carboxylic acids is 1. The Bertz CT molecular complexity index is 3630. The molecular weight excluding hydrogens is 1440 g/mol. The first kappa shape index (κ1) is 92.5. The zero-order valence-electron chi connectivity index (χ0n) is 63.8. The van der Waals surface area contributed by atoms with Crippen molar-refractivity contribution in [2.75, 3.05) is 32.8 Å². The molecule has 25 N–H and O–H groups in total. The number of carbonyl (C=O) groups excluding carboxylic acids is 14. The van der Waals surface area contributed by atoms with E-state index in [9.17, 15) is 92.3 Å². The molecule has 1 aliphatic heterocycles. The molecule has 612 valence electrons. The van der Waals surface area contributed by atoms with Crippen molar-refractivity contribution in [3.63, 3.8) is 0 Å². The summed E-state index contributed by atoms with van der Waals surface area (Å²) < 4.78 is 0. The Morgan fingerprint density at radius 1 is 0.459 bits per heavy atom. The molecule has 0 radical (unpaired) electrons. The Labute approximate surface area is 644 Å². The normalized spacial score (nSPS) is 15.6. The summed E-state index contributed by atoms with van der Waals surface area (Å²) in [5.41, 5.74) is 30.1. The second kappa shape index (κ2) is 47.3. The van der Waals surface area contributed by atoms with E-state index in [1.807, 2.05) is 0 Å². The average molecular weight is 1560 g/mol. The molecule has 12 atom stereocenters. The molecule has 0 spiro atoms. The summed E-state index contributed by atoms with van der Waals surface area (Å²) in [7, 11) is 0. The van der Waals surface area contributed by atoms with E-state index in [0.717, 1.165) is 0 Å². The van der Waals surface area contributed by atoms with Crippen LogP contribution in [-0.2, 0) is 91.2 Å². The number of primary amides is 2. The van der Waals surface area contributed by atoms with Gasteiger partial charge in [-0.1, -0.05) is 96.1 Å². The van der Waals surface area contributed by atoms with Crippen molar-refractivity contribution in [2.24, 2.45) is 46.4 Å². The Morgan fingerprint density at radius 3 is 1.30 bits per heavy atom. The predicted molar refractivity (Wildman–Crippen MR) is 405 cm³/mol. The molecular formula is C75H113N17O19. The van der Waals surface area contributed by atoms with Crippen LogP contribution in [0.1, 0.15) is 142 Å². The third kappa shape index (κ3) is 32.3. The largest absolute Gasteiger partial charge is 0.508 e. The van der Waals surface area contributed by atoms with Crippen molar-refractivity contribution >= 4 is 88.7 Å². The summed E-state index contributed by atoms with van der Waals surface area (Å²) in [4.78, 5) is 208. The van der Waals surface area contributed by atoms with Gasteiger partial charge in [-0.15, -0.1) is 0 Å². The number of carboxylic acids is 1. The van der Waals surface area contributed by atoms with Gasteiger partial charge >= 0.3 is 5.97 Å². The first-order valence-electron chi connectivity index (χ1n) is 37.3. The highest BCUT2D eigenvalue weighted by atomic mass is 16.4. The number of aliphatic hydroxyl groups excluding tert-OH is 1. The van der Waals surface area contributed by atoms with Gasteiger partial charge in [-0.2, -0.15) is 0 Å². The first-order chi connectivity index (χ1) is 52.5. The van der Waals surface area contributed by atoms with Crippen LogP contribution in [0.15, 0.2) is 78.9 Å². The SMILES string of the molecule is CC(C)C[C@H](NC(=O)[C@H](CCC(N)=O)NC(=O)CNC(=O)[C@H](CCCCN)NC(=O)[C@H](CO)NC(=O)[C@@H](NC(=O)[C@@H]1CCCN1C(=O)[C@@H](N)C(C)C)C(C)C)C(=O)N[C@@H](CCCCN)C(=O)N[C@@H](CCC(N)=O)C(=O)N[C@@H](Cc1ccc(O)cc1)C(=O)N[C@@H](Cc1ccccc1)C(=O)N[C@@H](Cc1ccc(O)cc1)C(=O)O. The van der Waals surface area contributed by atoms with E-state index < -0.39 is 206 Å². The summed E-state index contributed by atoms with van der Waals surface area (Å²) in [5.74, 6) is -15.4. The monoisotopic (exact) mass is 1560 g/mol. The van der Waals surface area contributed by atoms with Gasteiger partial charge in [-0.3, -0.25) is 67.1 Å². The number of nitrogens with one attached hydrogen (secondary N) is 11. The van der Waals surface area contributed by atoms with Crippen molar-refractivity contribution in [1.82, 2.24) is 63.4 Å². The number of carboxylic acid groups (broad SMARTS) is 1. The van der Waals surface area contributed by atoms with E-state index in [1.165, 1.54) is 53.4 Å².